The van der Waals surface area contributed by atoms with Crippen LogP contribution in [0.5, 0.6) is 5.75 Å². The second kappa shape index (κ2) is 18.1. The summed E-state index contributed by atoms with van der Waals surface area (Å²) in [6, 6.07) is 29.3. The predicted octanol–water partition coefficient (Wildman–Crippen LogP) is 7.32. The van der Waals surface area contributed by atoms with E-state index in [4.69, 9.17) is 4.74 Å². The van der Waals surface area contributed by atoms with Gasteiger partial charge in [0.15, 0.2) is 0 Å². The molecule has 254 valence electrons. The van der Waals surface area contributed by atoms with Gasteiger partial charge in [-0.25, -0.2) is 8.42 Å². The van der Waals surface area contributed by atoms with Gasteiger partial charge in [0.1, 0.15) is 18.3 Å². The zero-order chi connectivity index (χ0) is 34.5. The summed E-state index contributed by atoms with van der Waals surface area (Å²) >= 11 is 4.98. The number of rotatable bonds is 17. The lowest BCUT2D eigenvalue weighted by Gasteiger charge is -2.34. The average Bonchev–Trinajstić information content (AvgIpc) is 3.10. The Bertz CT molecular complexity index is 1720. The lowest BCUT2D eigenvalue weighted by atomic mass is 10.0. The molecule has 4 rings (SSSR count). The van der Waals surface area contributed by atoms with Gasteiger partial charge in [0.05, 0.1) is 17.2 Å². The number of unbranched alkanes of at least 4 members (excludes halogenated alkanes) is 1. The summed E-state index contributed by atoms with van der Waals surface area (Å²) in [6.07, 6.45) is 3.87. The monoisotopic (exact) mass is 751 g/mol. The zero-order valence-electron chi connectivity index (χ0n) is 27.5. The molecular formula is C37H42BrN3O5S2. The third kappa shape index (κ3) is 10.1. The van der Waals surface area contributed by atoms with Gasteiger partial charge in [0, 0.05) is 28.9 Å². The van der Waals surface area contributed by atoms with E-state index in [0.717, 1.165) is 37.6 Å². The first-order chi connectivity index (χ1) is 23.2. The standard InChI is InChI=1S/C37H42BrN3O5S2/c1-4-6-24-39-37(43)35(25-28-10-8-7-9-11-28)40(26-29-12-14-30(38)15-13-29)36(42)27-41(31-16-18-32(19-17-31)46-5-2)48(44,45)34-22-20-33(47-3)21-23-34/h7-23,35H,4-6,24-27H2,1-3H3,(H,39,43). The van der Waals surface area contributed by atoms with Gasteiger partial charge in [-0.1, -0.05) is 71.7 Å². The summed E-state index contributed by atoms with van der Waals surface area (Å²) in [6.45, 7) is 4.41. The van der Waals surface area contributed by atoms with Crippen LogP contribution in [0.25, 0.3) is 0 Å². The van der Waals surface area contributed by atoms with E-state index in [-0.39, 0.29) is 23.8 Å². The van der Waals surface area contributed by atoms with Crippen LogP contribution in [0, 0.1) is 0 Å². The highest BCUT2D eigenvalue weighted by Crippen LogP contribution is 2.28. The fourth-order valence-corrected chi connectivity index (χ4v) is 7.21. The van der Waals surface area contributed by atoms with Gasteiger partial charge in [0.2, 0.25) is 11.8 Å². The Morgan fingerprint density at radius 1 is 0.875 bits per heavy atom. The first-order valence-electron chi connectivity index (χ1n) is 15.9. The summed E-state index contributed by atoms with van der Waals surface area (Å²) < 4.78 is 36.2. The maximum absolute atomic E-state index is 14.6. The molecule has 0 heterocycles. The number of nitrogens with zero attached hydrogens (tertiary/aromatic N) is 2. The third-order valence-corrected chi connectivity index (χ3v) is 10.8. The Hall–Kier alpha value is -3.80. The Kier molecular flexibility index (Phi) is 14.0. The Morgan fingerprint density at radius 3 is 2.15 bits per heavy atom. The number of hydrogen-bond acceptors (Lipinski definition) is 6. The van der Waals surface area contributed by atoms with Crippen LogP contribution in [0.2, 0.25) is 0 Å². The van der Waals surface area contributed by atoms with Crippen molar-refractivity contribution in [3.8, 4) is 5.75 Å². The fourth-order valence-electron chi connectivity index (χ4n) is 5.13. The van der Waals surface area contributed by atoms with Gasteiger partial charge in [-0.15, -0.1) is 11.8 Å². The molecule has 0 spiro atoms. The van der Waals surface area contributed by atoms with Gasteiger partial charge >= 0.3 is 0 Å². The lowest BCUT2D eigenvalue weighted by molar-refractivity contribution is -0.140. The van der Waals surface area contributed by atoms with Gasteiger partial charge in [-0.3, -0.25) is 13.9 Å². The molecule has 2 amide bonds. The summed E-state index contributed by atoms with van der Waals surface area (Å²) in [4.78, 5) is 31.0. The van der Waals surface area contributed by atoms with Crippen molar-refractivity contribution in [2.45, 2.75) is 55.5 Å². The van der Waals surface area contributed by atoms with Crippen molar-refractivity contribution in [2.75, 3.05) is 30.3 Å². The largest absolute Gasteiger partial charge is 0.494 e. The Labute approximate surface area is 297 Å². The first kappa shape index (κ1) is 37.0. The Balaban J connectivity index is 1.79. The van der Waals surface area contributed by atoms with Crippen LogP contribution in [0.15, 0.2) is 117 Å². The minimum absolute atomic E-state index is 0.0552. The smallest absolute Gasteiger partial charge is 0.264 e. The highest BCUT2D eigenvalue weighted by atomic mass is 79.9. The number of sulfonamides is 1. The molecule has 0 aromatic heterocycles. The normalized spacial score (nSPS) is 11.8. The SMILES string of the molecule is CCCCNC(=O)C(Cc1ccccc1)N(Cc1ccc(Br)cc1)C(=O)CN(c1ccc(OCC)cc1)S(=O)(=O)c1ccc(SC)cc1. The molecule has 0 aliphatic heterocycles. The van der Waals surface area contributed by atoms with E-state index >= 15 is 0 Å². The van der Waals surface area contributed by atoms with Gasteiger partial charge in [0.25, 0.3) is 10.0 Å². The van der Waals surface area contributed by atoms with E-state index in [2.05, 4.69) is 21.2 Å². The molecule has 0 bridgehead atoms. The molecule has 4 aromatic carbocycles. The van der Waals surface area contributed by atoms with E-state index in [9.17, 15) is 18.0 Å². The summed E-state index contributed by atoms with van der Waals surface area (Å²) in [5.74, 6) is -0.221. The van der Waals surface area contributed by atoms with E-state index in [0.29, 0.717) is 24.6 Å². The molecule has 0 radical (unpaired) electrons. The zero-order valence-corrected chi connectivity index (χ0v) is 30.7. The van der Waals surface area contributed by atoms with E-state index in [1.54, 1.807) is 48.5 Å². The molecule has 48 heavy (non-hydrogen) atoms. The number of nitrogens with one attached hydrogen (secondary N) is 1. The molecule has 0 aliphatic rings. The van der Waals surface area contributed by atoms with Crippen molar-refractivity contribution in [1.82, 2.24) is 10.2 Å². The molecule has 4 aromatic rings. The molecule has 1 atom stereocenters. The van der Waals surface area contributed by atoms with Crippen molar-refractivity contribution in [3.63, 3.8) is 0 Å². The molecule has 0 aliphatic carbocycles. The van der Waals surface area contributed by atoms with Crippen molar-refractivity contribution < 1.29 is 22.7 Å². The summed E-state index contributed by atoms with van der Waals surface area (Å²) in [5.41, 5.74) is 1.98. The van der Waals surface area contributed by atoms with Gasteiger partial charge in [-0.2, -0.15) is 0 Å². The van der Waals surface area contributed by atoms with Crippen LogP contribution in [0.4, 0.5) is 5.69 Å². The topological polar surface area (TPSA) is 96.0 Å². The number of halogens is 1. The number of anilines is 1. The maximum Gasteiger partial charge on any atom is 0.264 e. The number of thioether (sulfide) groups is 1. The van der Waals surface area contributed by atoms with Gasteiger partial charge in [-0.05, 0) is 91.4 Å². The highest BCUT2D eigenvalue weighted by Gasteiger charge is 2.34. The third-order valence-electron chi connectivity index (χ3n) is 7.73. The number of ether oxygens (including phenoxy) is 1. The summed E-state index contributed by atoms with van der Waals surface area (Å²) in [5, 5.41) is 3.02. The number of hydrogen-bond donors (Lipinski definition) is 1. The number of benzene rings is 4. The maximum atomic E-state index is 14.6. The van der Waals surface area contributed by atoms with Crippen LogP contribution < -0.4 is 14.4 Å². The second-order valence-electron chi connectivity index (χ2n) is 11.1. The molecule has 11 heteroatoms. The number of carbonyl (C=O) groups excluding carboxylic acids is 2. The van der Waals surface area contributed by atoms with Crippen LogP contribution >= 0.6 is 27.7 Å². The second-order valence-corrected chi connectivity index (χ2v) is 14.8. The lowest BCUT2D eigenvalue weighted by Crippen LogP contribution is -2.53. The van der Waals surface area contributed by atoms with Crippen LogP contribution in [-0.4, -0.2) is 57.1 Å². The van der Waals surface area contributed by atoms with Crippen molar-refractivity contribution in [3.05, 3.63) is 119 Å². The molecule has 0 fully saturated rings. The predicted molar refractivity (Wildman–Crippen MR) is 197 cm³/mol. The highest BCUT2D eigenvalue weighted by molar-refractivity contribution is 9.10. The number of amides is 2. The van der Waals surface area contributed by atoms with Crippen molar-refractivity contribution in [2.24, 2.45) is 0 Å². The summed E-state index contributed by atoms with van der Waals surface area (Å²) in [7, 11) is -4.20. The van der Waals surface area contributed by atoms with E-state index in [1.807, 2.05) is 74.7 Å². The van der Waals surface area contributed by atoms with E-state index < -0.39 is 28.5 Å². The average molecular weight is 753 g/mol. The van der Waals surface area contributed by atoms with Crippen LogP contribution in [-0.2, 0) is 32.6 Å². The van der Waals surface area contributed by atoms with Crippen LogP contribution in [0.1, 0.15) is 37.8 Å². The quantitative estimate of drug-likeness (QED) is 0.0898. The molecule has 0 saturated carbocycles. The fraction of sp³-hybridized carbons (Fsp3) is 0.297. The van der Waals surface area contributed by atoms with Gasteiger partial charge < -0.3 is 15.0 Å². The molecule has 1 N–H and O–H groups in total. The van der Waals surface area contributed by atoms with Crippen LogP contribution in [0.3, 0.4) is 0 Å². The molecule has 8 nitrogen and oxygen atoms in total. The first-order valence-corrected chi connectivity index (χ1v) is 19.4. The minimum Gasteiger partial charge on any atom is -0.494 e. The van der Waals surface area contributed by atoms with Crippen molar-refractivity contribution >= 4 is 55.2 Å². The number of carbonyl (C=O) groups is 2. The minimum atomic E-state index is -4.20. The Morgan fingerprint density at radius 2 is 1.54 bits per heavy atom. The molecule has 0 saturated heterocycles. The molecular weight excluding hydrogens is 710 g/mol. The van der Waals surface area contributed by atoms with E-state index in [1.165, 1.54) is 16.7 Å². The molecule has 1 unspecified atom stereocenters. The van der Waals surface area contributed by atoms with Crippen molar-refractivity contribution in [1.29, 1.82) is 0 Å².